The van der Waals surface area contributed by atoms with Crippen molar-refractivity contribution in [1.29, 1.82) is 0 Å². The Morgan fingerprint density at radius 1 is 1.33 bits per heavy atom. The predicted molar refractivity (Wildman–Crippen MR) is 85.6 cm³/mol. The fourth-order valence-corrected chi connectivity index (χ4v) is 3.26. The second-order valence-corrected chi connectivity index (χ2v) is 6.73. The fourth-order valence-electron chi connectivity index (χ4n) is 1.89. The van der Waals surface area contributed by atoms with Gasteiger partial charge in [0.2, 0.25) is 0 Å². The van der Waals surface area contributed by atoms with E-state index in [9.17, 15) is 0 Å². The van der Waals surface area contributed by atoms with Crippen molar-refractivity contribution in [2.24, 2.45) is 0 Å². The van der Waals surface area contributed by atoms with Gasteiger partial charge in [0.15, 0.2) is 0 Å². The smallest absolute Gasteiger partial charge is 0.0897 e. The first-order chi connectivity index (χ1) is 8.52. The molecule has 0 aliphatic carbocycles. The minimum atomic E-state index is 0.829. The number of anilines is 1. The molecule has 0 unspecified atom stereocenters. The highest BCUT2D eigenvalue weighted by Crippen LogP contribution is 2.16. The first-order valence-electron chi connectivity index (χ1n) is 5.67. The number of halogens is 1. The van der Waals surface area contributed by atoms with Gasteiger partial charge >= 0.3 is 0 Å². The van der Waals surface area contributed by atoms with E-state index in [0.29, 0.717) is 0 Å². The molecule has 0 aliphatic heterocycles. The summed E-state index contributed by atoms with van der Waals surface area (Å²) < 4.78 is 1.18. The molecule has 0 spiro atoms. The van der Waals surface area contributed by atoms with E-state index in [1.54, 1.807) is 11.3 Å². The Kier molecular flexibility index (Phi) is 4.58. The SMILES string of the molecule is Cc1nc(CN(C)Cc2cc(N)cc(I)c2)cs1. The Labute approximate surface area is 125 Å². The molecule has 96 valence electrons. The molecule has 2 rings (SSSR count). The first-order valence-corrected chi connectivity index (χ1v) is 7.63. The van der Waals surface area contributed by atoms with Gasteiger partial charge in [0.25, 0.3) is 0 Å². The highest BCUT2D eigenvalue weighted by molar-refractivity contribution is 14.1. The van der Waals surface area contributed by atoms with Crippen LogP contribution >= 0.6 is 33.9 Å². The number of thiazole rings is 1. The van der Waals surface area contributed by atoms with E-state index in [1.165, 1.54) is 9.13 Å². The molecule has 1 aromatic carbocycles. The van der Waals surface area contributed by atoms with Crippen molar-refractivity contribution in [3.8, 4) is 0 Å². The molecule has 0 atom stereocenters. The Morgan fingerprint density at radius 2 is 2.11 bits per heavy atom. The largest absolute Gasteiger partial charge is 0.399 e. The van der Waals surface area contributed by atoms with Crippen LogP contribution in [-0.2, 0) is 13.1 Å². The fraction of sp³-hybridized carbons (Fsp3) is 0.308. The summed E-state index contributed by atoms with van der Waals surface area (Å²) in [6.45, 7) is 3.79. The van der Waals surface area contributed by atoms with E-state index in [0.717, 1.165) is 29.5 Å². The monoisotopic (exact) mass is 373 g/mol. The van der Waals surface area contributed by atoms with Crippen LogP contribution in [0.4, 0.5) is 5.69 Å². The summed E-state index contributed by atoms with van der Waals surface area (Å²) in [6.07, 6.45) is 0. The lowest BCUT2D eigenvalue weighted by atomic mass is 10.2. The molecule has 5 heteroatoms. The number of aryl methyl sites for hydroxylation is 1. The molecular weight excluding hydrogens is 357 g/mol. The second kappa shape index (κ2) is 5.99. The second-order valence-electron chi connectivity index (χ2n) is 4.42. The van der Waals surface area contributed by atoms with E-state index >= 15 is 0 Å². The molecule has 1 aromatic heterocycles. The number of aromatic nitrogens is 1. The normalized spacial score (nSPS) is 11.1. The Hall–Kier alpha value is -0.660. The van der Waals surface area contributed by atoms with Gasteiger partial charge in [0.1, 0.15) is 0 Å². The number of benzene rings is 1. The van der Waals surface area contributed by atoms with Crippen LogP contribution in [0, 0.1) is 10.5 Å². The van der Waals surface area contributed by atoms with Crippen LogP contribution < -0.4 is 5.73 Å². The summed E-state index contributed by atoms with van der Waals surface area (Å²) in [7, 11) is 2.10. The predicted octanol–water partition coefficient (Wildman–Crippen LogP) is 3.27. The maximum atomic E-state index is 5.86. The molecule has 0 aliphatic rings. The van der Waals surface area contributed by atoms with Crippen molar-refractivity contribution in [2.75, 3.05) is 12.8 Å². The van der Waals surface area contributed by atoms with E-state index < -0.39 is 0 Å². The zero-order chi connectivity index (χ0) is 13.1. The third kappa shape index (κ3) is 3.93. The van der Waals surface area contributed by atoms with Crippen LogP contribution in [0.5, 0.6) is 0 Å². The van der Waals surface area contributed by atoms with E-state index in [4.69, 9.17) is 5.73 Å². The van der Waals surface area contributed by atoms with Crippen molar-refractivity contribution < 1.29 is 0 Å². The number of hydrogen-bond donors (Lipinski definition) is 1. The lowest BCUT2D eigenvalue weighted by Gasteiger charge is -2.16. The summed E-state index contributed by atoms with van der Waals surface area (Å²) in [5.74, 6) is 0. The number of nitrogen functional groups attached to an aromatic ring is 1. The molecule has 2 aromatic rings. The highest BCUT2D eigenvalue weighted by Gasteiger charge is 2.05. The minimum Gasteiger partial charge on any atom is -0.399 e. The summed E-state index contributed by atoms with van der Waals surface area (Å²) in [5, 5.41) is 3.24. The Bertz CT molecular complexity index is 519. The van der Waals surface area contributed by atoms with Gasteiger partial charge in [0, 0.05) is 27.7 Å². The summed E-state index contributed by atoms with van der Waals surface area (Å²) in [4.78, 5) is 6.73. The minimum absolute atomic E-state index is 0.829. The van der Waals surface area contributed by atoms with Crippen LogP contribution in [0.15, 0.2) is 23.6 Å². The van der Waals surface area contributed by atoms with Gasteiger partial charge in [-0.05, 0) is 60.3 Å². The van der Waals surface area contributed by atoms with Gasteiger partial charge in [-0.25, -0.2) is 4.98 Å². The molecule has 3 nitrogen and oxygen atoms in total. The summed E-state index contributed by atoms with van der Waals surface area (Å²) in [5.41, 5.74) is 9.07. The number of nitrogens with zero attached hydrogens (tertiary/aromatic N) is 2. The zero-order valence-corrected chi connectivity index (χ0v) is 13.5. The molecule has 2 N–H and O–H groups in total. The Morgan fingerprint density at radius 3 is 2.72 bits per heavy atom. The Balaban J connectivity index is 2.00. The number of rotatable bonds is 4. The van der Waals surface area contributed by atoms with Crippen LogP contribution in [-0.4, -0.2) is 16.9 Å². The van der Waals surface area contributed by atoms with Gasteiger partial charge < -0.3 is 5.73 Å². The number of hydrogen-bond acceptors (Lipinski definition) is 4. The van der Waals surface area contributed by atoms with Gasteiger partial charge in [-0.15, -0.1) is 11.3 Å². The van der Waals surface area contributed by atoms with Crippen LogP contribution in [0.1, 0.15) is 16.3 Å². The average Bonchev–Trinajstić information content (AvgIpc) is 2.61. The van der Waals surface area contributed by atoms with Crippen LogP contribution in [0.3, 0.4) is 0 Å². The van der Waals surface area contributed by atoms with E-state index in [-0.39, 0.29) is 0 Å². The van der Waals surface area contributed by atoms with Gasteiger partial charge in [-0.3, -0.25) is 4.90 Å². The first kappa shape index (κ1) is 13.8. The molecule has 0 bridgehead atoms. The molecule has 0 saturated heterocycles. The van der Waals surface area contributed by atoms with Crippen molar-refractivity contribution in [2.45, 2.75) is 20.0 Å². The zero-order valence-electron chi connectivity index (χ0n) is 10.5. The topological polar surface area (TPSA) is 42.2 Å². The molecule has 1 heterocycles. The van der Waals surface area contributed by atoms with E-state index in [2.05, 4.69) is 51.0 Å². The van der Waals surface area contributed by atoms with Gasteiger partial charge in [0.05, 0.1) is 10.7 Å². The van der Waals surface area contributed by atoms with Crippen molar-refractivity contribution in [3.63, 3.8) is 0 Å². The summed E-state index contributed by atoms with van der Waals surface area (Å²) >= 11 is 3.99. The van der Waals surface area contributed by atoms with Crippen molar-refractivity contribution in [1.82, 2.24) is 9.88 Å². The maximum absolute atomic E-state index is 5.86. The number of nitrogens with two attached hydrogens (primary N) is 1. The molecular formula is C13H16IN3S. The molecule has 0 fully saturated rings. The van der Waals surface area contributed by atoms with Crippen molar-refractivity contribution >= 4 is 39.6 Å². The quantitative estimate of drug-likeness (QED) is 0.661. The maximum Gasteiger partial charge on any atom is 0.0897 e. The molecule has 0 saturated carbocycles. The summed E-state index contributed by atoms with van der Waals surface area (Å²) in [6, 6.07) is 6.18. The third-order valence-corrected chi connectivity index (χ3v) is 3.98. The van der Waals surface area contributed by atoms with Crippen LogP contribution in [0.25, 0.3) is 0 Å². The molecule has 0 radical (unpaired) electrons. The average molecular weight is 373 g/mol. The van der Waals surface area contributed by atoms with Gasteiger partial charge in [-0.1, -0.05) is 0 Å². The highest BCUT2D eigenvalue weighted by atomic mass is 127. The lowest BCUT2D eigenvalue weighted by molar-refractivity contribution is 0.315. The molecule has 18 heavy (non-hydrogen) atoms. The third-order valence-electron chi connectivity index (χ3n) is 2.53. The standard InChI is InChI=1S/C13H16IN3S/c1-9-16-13(8-18-9)7-17(2)6-10-3-11(14)5-12(15)4-10/h3-5,8H,6-7,15H2,1-2H3. The molecule has 0 amide bonds. The van der Waals surface area contributed by atoms with E-state index in [1.807, 2.05) is 19.1 Å². The van der Waals surface area contributed by atoms with Gasteiger partial charge in [-0.2, -0.15) is 0 Å². The van der Waals surface area contributed by atoms with Crippen molar-refractivity contribution in [3.05, 3.63) is 43.4 Å². The van der Waals surface area contributed by atoms with Crippen LogP contribution in [0.2, 0.25) is 0 Å². The lowest BCUT2D eigenvalue weighted by Crippen LogP contribution is -2.17.